The van der Waals surface area contributed by atoms with E-state index in [4.69, 9.17) is 11.6 Å². The first kappa shape index (κ1) is 22.3. The number of nitrogens with one attached hydrogen (secondary N) is 2. The molecule has 34 heavy (non-hydrogen) atoms. The summed E-state index contributed by atoms with van der Waals surface area (Å²) >= 11 is 6.23. The number of anilines is 2. The number of carbonyl (C=O) groups is 2. The molecule has 1 aromatic carbocycles. The minimum absolute atomic E-state index is 0.0310. The maximum Gasteiger partial charge on any atom is 0.255 e. The highest BCUT2D eigenvalue weighted by Crippen LogP contribution is 2.35. The van der Waals surface area contributed by atoms with Crippen LogP contribution in [0.1, 0.15) is 28.9 Å². The number of nitrogens with zero attached hydrogens (tertiary/aromatic N) is 4. The van der Waals surface area contributed by atoms with Crippen LogP contribution in [0.4, 0.5) is 15.8 Å². The number of aliphatic hydroxyl groups excluding tert-OH is 1. The van der Waals surface area contributed by atoms with Crippen LogP contribution < -0.4 is 10.6 Å². The number of hydrogen-bond acceptors (Lipinski definition) is 6. The first-order chi connectivity index (χ1) is 16.4. The third kappa shape index (κ3) is 4.10. The molecule has 0 saturated carbocycles. The van der Waals surface area contributed by atoms with Crippen LogP contribution in [0.5, 0.6) is 0 Å². The Bertz CT molecular complexity index is 1260. The number of aromatic nitrogens is 3. The van der Waals surface area contributed by atoms with Gasteiger partial charge in [-0.1, -0.05) is 17.7 Å². The summed E-state index contributed by atoms with van der Waals surface area (Å²) in [6.45, 7) is 0.818. The number of amides is 2. The van der Waals surface area contributed by atoms with E-state index < -0.39 is 5.82 Å². The lowest BCUT2D eigenvalue weighted by Crippen LogP contribution is -2.39. The van der Waals surface area contributed by atoms with Gasteiger partial charge in [-0.3, -0.25) is 14.3 Å². The number of likely N-dealkylation sites (tertiary alicyclic amines) is 1. The van der Waals surface area contributed by atoms with Crippen LogP contribution in [-0.2, 0) is 17.9 Å². The van der Waals surface area contributed by atoms with Crippen molar-refractivity contribution >= 4 is 34.8 Å². The smallest absolute Gasteiger partial charge is 0.255 e. The summed E-state index contributed by atoms with van der Waals surface area (Å²) in [7, 11) is 0. The lowest BCUT2D eigenvalue weighted by Gasteiger charge is -2.22. The minimum atomic E-state index is -0.516. The molecular weight excluding hydrogens is 463 g/mol. The van der Waals surface area contributed by atoms with Gasteiger partial charge in [0.05, 0.1) is 64.3 Å². The van der Waals surface area contributed by atoms with Crippen LogP contribution in [0, 0.1) is 5.82 Å². The minimum Gasteiger partial charge on any atom is -0.394 e. The Labute approximate surface area is 199 Å². The molecule has 3 N–H and O–H groups in total. The van der Waals surface area contributed by atoms with Crippen LogP contribution in [0.3, 0.4) is 0 Å². The Hall–Kier alpha value is -3.50. The quantitative estimate of drug-likeness (QED) is 0.496. The number of benzene rings is 1. The summed E-state index contributed by atoms with van der Waals surface area (Å²) in [6.07, 6.45) is 4.84. The van der Waals surface area contributed by atoms with Gasteiger partial charge >= 0.3 is 0 Å². The molecule has 11 heteroatoms. The second kappa shape index (κ2) is 9.03. The van der Waals surface area contributed by atoms with Gasteiger partial charge in [-0.2, -0.15) is 5.10 Å². The summed E-state index contributed by atoms with van der Waals surface area (Å²) in [4.78, 5) is 31.2. The van der Waals surface area contributed by atoms with Crippen molar-refractivity contribution in [2.24, 2.45) is 0 Å². The highest BCUT2D eigenvalue weighted by Gasteiger charge is 2.29. The van der Waals surface area contributed by atoms with Crippen molar-refractivity contribution in [3.63, 3.8) is 0 Å². The zero-order chi connectivity index (χ0) is 23.8. The van der Waals surface area contributed by atoms with Gasteiger partial charge in [-0.05, 0) is 31.0 Å². The maximum atomic E-state index is 14.5. The molecule has 0 unspecified atom stereocenters. The average Bonchev–Trinajstić information content (AvgIpc) is 3.54. The van der Waals surface area contributed by atoms with E-state index in [1.54, 1.807) is 23.2 Å². The van der Waals surface area contributed by atoms with Crippen molar-refractivity contribution in [3.05, 3.63) is 58.8 Å². The Kier molecular flexibility index (Phi) is 5.93. The van der Waals surface area contributed by atoms with Gasteiger partial charge < -0.3 is 20.6 Å². The zero-order valence-corrected chi connectivity index (χ0v) is 18.8. The Morgan fingerprint density at radius 1 is 1.35 bits per heavy atom. The van der Waals surface area contributed by atoms with Crippen molar-refractivity contribution in [3.8, 4) is 11.3 Å². The van der Waals surface area contributed by atoms with Crippen LogP contribution in [-0.4, -0.2) is 55.8 Å². The Balaban J connectivity index is 1.42. The average molecular weight is 485 g/mol. The van der Waals surface area contributed by atoms with E-state index in [1.165, 1.54) is 23.0 Å². The number of fused-ring (bicyclic) bond motifs is 1. The maximum absolute atomic E-state index is 14.5. The number of carbonyl (C=O) groups excluding carboxylic acids is 2. The summed E-state index contributed by atoms with van der Waals surface area (Å²) in [6, 6.07) is 5.82. The number of halogens is 2. The van der Waals surface area contributed by atoms with Gasteiger partial charge in [-0.25, -0.2) is 9.37 Å². The van der Waals surface area contributed by atoms with Gasteiger partial charge in [-0.15, -0.1) is 0 Å². The predicted octanol–water partition coefficient (Wildman–Crippen LogP) is 2.71. The third-order valence-electron chi connectivity index (χ3n) is 6.07. The topological polar surface area (TPSA) is 112 Å². The molecule has 0 bridgehead atoms. The standard InChI is InChI=1S/C23H22ClFN6O3/c24-15-4-1-5-16(25)21(15)17-7-18(22-19(29-17)9-26-23(22)34)28-13-8-27-30(10-13)11-20(33)31-6-2-3-14(31)12-32/h1,4-5,7-8,10,14,32H,2-3,6,9,11-12H2,(H,26,34)(H,28,29)/t14-/m0/s1. The fourth-order valence-electron chi connectivity index (χ4n) is 4.45. The molecule has 1 atom stereocenters. The molecule has 1 saturated heterocycles. The van der Waals surface area contributed by atoms with Gasteiger partial charge in [0, 0.05) is 12.7 Å². The zero-order valence-electron chi connectivity index (χ0n) is 18.1. The molecule has 2 aliphatic heterocycles. The first-order valence-corrected chi connectivity index (χ1v) is 11.3. The highest BCUT2D eigenvalue weighted by atomic mass is 35.5. The van der Waals surface area contributed by atoms with E-state index in [-0.39, 0.29) is 48.1 Å². The normalized spacial score (nSPS) is 17.1. The molecule has 0 spiro atoms. The Morgan fingerprint density at radius 3 is 3.00 bits per heavy atom. The number of aliphatic hydroxyl groups is 1. The molecule has 3 aromatic rings. The van der Waals surface area contributed by atoms with Crippen molar-refractivity contribution in [2.45, 2.75) is 32.0 Å². The van der Waals surface area contributed by atoms with Crippen LogP contribution in [0.25, 0.3) is 11.3 Å². The molecule has 9 nitrogen and oxygen atoms in total. The summed E-state index contributed by atoms with van der Waals surface area (Å²) in [5.41, 5.74) is 2.28. The molecule has 2 aliphatic rings. The van der Waals surface area contributed by atoms with Crippen LogP contribution in [0.15, 0.2) is 36.7 Å². The van der Waals surface area contributed by atoms with Crippen molar-refractivity contribution in [1.29, 1.82) is 0 Å². The van der Waals surface area contributed by atoms with E-state index in [0.29, 0.717) is 34.9 Å². The van der Waals surface area contributed by atoms with Crippen molar-refractivity contribution < 1.29 is 19.1 Å². The van der Waals surface area contributed by atoms with Gasteiger partial charge in [0.2, 0.25) is 5.91 Å². The molecule has 4 heterocycles. The second-order valence-electron chi connectivity index (χ2n) is 8.27. The SMILES string of the molecule is O=C1NCc2nc(-c3c(F)cccc3Cl)cc(Nc3cnn(CC(=O)N4CCC[C@H]4CO)c3)c21. The van der Waals surface area contributed by atoms with E-state index in [0.717, 1.165) is 12.8 Å². The van der Waals surface area contributed by atoms with Crippen LogP contribution >= 0.6 is 11.6 Å². The third-order valence-corrected chi connectivity index (χ3v) is 6.39. The number of pyridine rings is 1. The number of hydrogen-bond donors (Lipinski definition) is 3. The van der Waals surface area contributed by atoms with E-state index in [2.05, 4.69) is 20.7 Å². The fourth-order valence-corrected chi connectivity index (χ4v) is 4.71. The molecule has 0 radical (unpaired) electrons. The van der Waals surface area contributed by atoms with E-state index >= 15 is 0 Å². The monoisotopic (exact) mass is 484 g/mol. The lowest BCUT2D eigenvalue weighted by atomic mass is 10.1. The van der Waals surface area contributed by atoms with E-state index in [1.807, 2.05) is 0 Å². The summed E-state index contributed by atoms with van der Waals surface area (Å²) in [5, 5.41) is 19.8. The van der Waals surface area contributed by atoms with E-state index in [9.17, 15) is 19.1 Å². The molecular formula is C23H22ClFN6O3. The van der Waals surface area contributed by atoms with Crippen LogP contribution in [0.2, 0.25) is 5.02 Å². The molecule has 176 valence electrons. The predicted molar refractivity (Wildman–Crippen MR) is 123 cm³/mol. The molecule has 1 fully saturated rings. The fraction of sp³-hybridized carbons (Fsp3) is 0.304. The summed E-state index contributed by atoms with van der Waals surface area (Å²) in [5.74, 6) is -0.924. The van der Waals surface area contributed by atoms with Gasteiger partial charge in [0.15, 0.2) is 0 Å². The molecule has 2 aromatic heterocycles. The lowest BCUT2D eigenvalue weighted by molar-refractivity contribution is -0.133. The second-order valence-corrected chi connectivity index (χ2v) is 8.68. The van der Waals surface area contributed by atoms with Gasteiger partial charge in [0.1, 0.15) is 12.4 Å². The molecule has 5 rings (SSSR count). The number of rotatable bonds is 6. The van der Waals surface area contributed by atoms with Crippen molar-refractivity contribution in [2.75, 3.05) is 18.5 Å². The molecule has 0 aliphatic carbocycles. The largest absolute Gasteiger partial charge is 0.394 e. The first-order valence-electron chi connectivity index (χ1n) is 10.9. The van der Waals surface area contributed by atoms with Gasteiger partial charge in [0.25, 0.3) is 5.91 Å². The Morgan fingerprint density at radius 2 is 2.21 bits per heavy atom. The van der Waals surface area contributed by atoms with Crippen molar-refractivity contribution in [1.82, 2.24) is 25.0 Å². The highest BCUT2D eigenvalue weighted by molar-refractivity contribution is 6.33. The summed E-state index contributed by atoms with van der Waals surface area (Å²) < 4.78 is 16.0. The molecule has 2 amide bonds.